The number of benzene rings is 3. The fourth-order valence-electron chi connectivity index (χ4n) is 5.37. The van der Waals surface area contributed by atoms with Gasteiger partial charge in [0.25, 0.3) is 11.8 Å². The van der Waals surface area contributed by atoms with E-state index < -0.39 is 23.8 Å². The van der Waals surface area contributed by atoms with Crippen molar-refractivity contribution in [3.05, 3.63) is 122 Å². The second kappa shape index (κ2) is 13.1. The largest absolute Gasteiger partial charge is 0.315 e. The second-order valence-corrected chi connectivity index (χ2v) is 12.7. The second-order valence-electron chi connectivity index (χ2n) is 11.1. The Hall–Kier alpha value is -4.07. The maximum absolute atomic E-state index is 13.7. The summed E-state index contributed by atoms with van der Waals surface area (Å²) in [5.74, 6) is -1.25. The average Bonchev–Trinajstić information content (AvgIpc) is 3.51. The first-order valence-corrected chi connectivity index (χ1v) is 15.6. The van der Waals surface area contributed by atoms with Crippen LogP contribution in [0.15, 0.2) is 78.9 Å². The molecule has 0 radical (unpaired) electrons. The minimum Gasteiger partial charge on any atom is -0.315 e. The molecule has 3 amide bonds. The van der Waals surface area contributed by atoms with E-state index in [1.807, 2.05) is 6.07 Å². The van der Waals surface area contributed by atoms with Crippen LogP contribution >= 0.6 is 22.9 Å². The van der Waals surface area contributed by atoms with Crippen LogP contribution in [0, 0.1) is 5.92 Å². The summed E-state index contributed by atoms with van der Waals surface area (Å²) >= 11 is 7.69. The molecule has 0 saturated carbocycles. The molecule has 6 nitrogen and oxygen atoms in total. The number of amides is 3. The van der Waals surface area contributed by atoms with Crippen LogP contribution in [0.25, 0.3) is 0 Å². The molecule has 0 fully saturated rings. The summed E-state index contributed by atoms with van der Waals surface area (Å²) in [4.78, 5) is 55.5. The normalized spacial score (nSPS) is 13.4. The lowest BCUT2D eigenvalue weighted by molar-refractivity contribution is -0.120. The lowest BCUT2D eigenvalue weighted by Gasteiger charge is -2.24. The van der Waals surface area contributed by atoms with Crippen LogP contribution in [-0.4, -0.2) is 34.4 Å². The average molecular weight is 613 g/mol. The highest BCUT2D eigenvalue weighted by Crippen LogP contribution is 2.34. The predicted octanol–water partition coefficient (Wildman–Crippen LogP) is 7.63. The third kappa shape index (κ3) is 6.48. The summed E-state index contributed by atoms with van der Waals surface area (Å²) in [5.41, 5.74) is 3.70. The van der Waals surface area contributed by atoms with Crippen LogP contribution in [0.2, 0.25) is 5.02 Å². The SMILES string of the molecule is CCC(C(=O)Nc1sc(CCc2ccc(CC(C)C)cc2)cc1C(=O)c1ccccc1Cl)N1C(=O)c2ccccc2C1=O. The number of anilines is 1. The predicted molar refractivity (Wildman–Crippen MR) is 171 cm³/mol. The Morgan fingerprint density at radius 3 is 2.05 bits per heavy atom. The van der Waals surface area contributed by atoms with Gasteiger partial charge in [0.05, 0.1) is 21.7 Å². The summed E-state index contributed by atoms with van der Waals surface area (Å²) in [5, 5.41) is 3.57. The molecule has 220 valence electrons. The van der Waals surface area contributed by atoms with Crippen LogP contribution in [0.1, 0.15) is 79.8 Å². The molecule has 2 heterocycles. The fraction of sp³-hybridized carbons (Fsp3) is 0.257. The Kier molecular flexibility index (Phi) is 9.23. The Bertz CT molecular complexity index is 1660. The quantitative estimate of drug-likeness (QED) is 0.139. The summed E-state index contributed by atoms with van der Waals surface area (Å²) in [6, 6.07) is 22.7. The number of thiophene rings is 1. The molecule has 0 saturated heterocycles. The van der Waals surface area contributed by atoms with Crippen molar-refractivity contribution in [1.29, 1.82) is 0 Å². The smallest absolute Gasteiger partial charge is 0.262 e. The van der Waals surface area contributed by atoms with Gasteiger partial charge in [0, 0.05) is 10.4 Å². The maximum Gasteiger partial charge on any atom is 0.262 e. The number of ketones is 1. The summed E-state index contributed by atoms with van der Waals surface area (Å²) in [6.07, 6.45) is 2.68. The Labute approximate surface area is 260 Å². The molecule has 43 heavy (non-hydrogen) atoms. The molecule has 8 heteroatoms. The minimum atomic E-state index is -1.04. The number of rotatable bonds is 11. The number of hydrogen-bond donors (Lipinski definition) is 1. The van der Waals surface area contributed by atoms with Gasteiger partial charge in [0.2, 0.25) is 5.91 Å². The van der Waals surface area contributed by atoms with Crippen molar-refractivity contribution in [2.45, 2.75) is 52.5 Å². The van der Waals surface area contributed by atoms with Gasteiger partial charge >= 0.3 is 0 Å². The van der Waals surface area contributed by atoms with Crippen molar-refractivity contribution in [3.8, 4) is 0 Å². The molecule has 1 aromatic heterocycles. The highest BCUT2D eigenvalue weighted by Gasteiger charge is 2.42. The van der Waals surface area contributed by atoms with Gasteiger partial charge in [-0.1, -0.05) is 80.9 Å². The molecular weight excluding hydrogens is 580 g/mol. The lowest BCUT2D eigenvalue weighted by atomic mass is 10.00. The molecule has 1 atom stereocenters. The van der Waals surface area contributed by atoms with Gasteiger partial charge in [0.15, 0.2) is 5.78 Å². The third-order valence-electron chi connectivity index (χ3n) is 7.54. The van der Waals surface area contributed by atoms with Gasteiger partial charge in [-0.2, -0.15) is 0 Å². The van der Waals surface area contributed by atoms with Crippen molar-refractivity contribution < 1.29 is 19.2 Å². The molecule has 5 rings (SSSR count). The standard InChI is InChI=1S/C35H33ClN2O4S/c1-4-30(38-34(41)25-9-5-6-10-26(25)35(38)42)32(40)37-33-28(31(39)27-11-7-8-12-29(27)36)20-24(43-33)18-17-22-13-15-23(16-14-22)19-21(2)3/h5-16,20-21,30H,4,17-19H2,1-3H3,(H,37,40). The lowest BCUT2D eigenvalue weighted by Crippen LogP contribution is -2.46. The molecule has 0 bridgehead atoms. The van der Waals surface area contributed by atoms with E-state index in [-0.39, 0.29) is 23.3 Å². The van der Waals surface area contributed by atoms with Crippen molar-refractivity contribution in [1.82, 2.24) is 4.90 Å². The van der Waals surface area contributed by atoms with Crippen molar-refractivity contribution in [2.75, 3.05) is 5.32 Å². The van der Waals surface area contributed by atoms with Crippen LogP contribution < -0.4 is 5.32 Å². The molecule has 3 aromatic carbocycles. The van der Waals surface area contributed by atoms with Gasteiger partial charge in [-0.3, -0.25) is 24.1 Å². The van der Waals surface area contributed by atoms with Gasteiger partial charge in [-0.15, -0.1) is 11.3 Å². The summed E-state index contributed by atoms with van der Waals surface area (Å²) in [7, 11) is 0. The summed E-state index contributed by atoms with van der Waals surface area (Å²) in [6.45, 7) is 6.14. The fourth-order valence-corrected chi connectivity index (χ4v) is 6.65. The first kappa shape index (κ1) is 30.4. The topological polar surface area (TPSA) is 83.6 Å². The Morgan fingerprint density at radius 2 is 1.44 bits per heavy atom. The molecule has 1 aliphatic rings. The zero-order chi connectivity index (χ0) is 30.7. The van der Waals surface area contributed by atoms with Crippen LogP contribution in [0.4, 0.5) is 5.00 Å². The number of nitrogens with zero attached hydrogens (tertiary/aromatic N) is 1. The number of hydrogen-bond acceptors (Lipinski definition) is 5. The van der Waals surface area contributed by atoms with Crippen molar-refractivity contribution in [3.63, 3.8) is 0 Å². The van der Waals surface area contributed by atoms with Gasteiger partial charge in [-0.25, -0.2) is 0 Å². The zero-order valence-electron chi connectivity index (χ0n) is 24.4. The van der Waals surface area contributed by atoms with Crippen LogP contribution in [-0.2, 0) is 24.1 Å². The third-order valence-corrected chi connectivity index (χ3v) is 8.98. The number of imide groups is 1. The first-order chi connectivity index (χ1) is 20.7. The summed E-state index contributed by atoms with van der Waals surface area (Å²) < 4.78 is 0. The monoisotopic (exact) mass is 612 g/mol. The maximum atomic E-state index is 13.7. The number of nitrogens with one attached hydrogen (secondary N) is 1. The van der Waals surface area contributed by atoms with E-state index in [0.717, 1.165) is 22.6 Å². The molecule has 0 aliphatic carbocycles. The van der Waals surface area contributed by atoms with E-state index in [9.17, 15) is 19.2 Å². The van der Waals surface area contributed by atoms with E-state index in [1.165, 1.54) is 22.5 Å². The van der Waals surface area contributed by atoms with E-state index in [4.69, 9.17) is 11.6 Å². The van der Waals surface area contributed by atoms with E-state index in [1.54, 1.807) is 55.5 Å². The number of halogens is 1. The van der Waals surface area contributed by atoms with Crippen LogP contribution in [0.3, 0.4) is 0 Å². The van der Waals surface area contributed by atoms with Gasteiger partial charge < -0.3 is 5.32 Å². The van der Waals surface area contributed by atoms with Crippen molar-refractivity contribution in [2.24, 2.45) is 5.92 Å². The highest BCUT2D eigenvalue weighted by molar-refractivity contribution is 7.16. The Balaban J connectivity index is 1.40. The van der Waals surface area contributed by atoms with Gasteiger partial charge in [-0.05, 0) is 73.1 Å². The minimum absolute atomic E-state index is 0.218. The number of fused-ring (bicyclic) bond motifs is 1. The molecule has 1 aliphatic heterocycles. The van der Waals surface area contributed by atoms with Gasteiger partial charge in [0.1, 0.15) is 11.0 Å². The van der Waals surface area contributed by atoms with E-state index in [0.29, 0.717) is 33.5 Å². The number of aryl methyl sites for hydroxylation is 2. The number of carbonyl (C=O) groups is 4. The molecule has 1 N–H and O–H groups in total. The zero-order valence-corrected chi connectivity index (χ0v) is 25.9. The highest BCUT2D eigenvalue weighted by atomic mass is 35.5. The molecule has 4 aromatic rings. The van der Waals surface area contributed by atoms with Crippen molar-refractivity contribution >= 4 is 51.4 Å². The van der Waals surface area contributed by atoms with Crippen LogP contribution in [0.5, 0.6) is 0 Å². The molecular formula is C35H33ClN2O4S. The Morgan fingerprint density at radius 1 is 0.837 bits per heavy atom. The van der Waals surface area contributed by atoms with E-state index in [2.05, 4.69) is 43.4 Å². The first-order valence-electron chi connectivity index (χ1n) is 14.5. The molecule has 0 spiro atoms. The molecule has 1 unspecified atom stereocenters. The number of carbonyl (C=O) groups excluding carboxylic acids is 4. The van der Waals surface area contributed by atoms with E-state index >= 15 is 0 Å².